The molecule has 1 heterocycles. The lowest BCUT2D eigenvalue weighted by molar-refractivity contribution is -0.302. The number of rotatable bonds is 65. The van der Waals surface area contributed by atoms with Crippen LogP contribution in [-0.2, 0) is 14.3 Å². The Hall–Kier alpha value is -1.33. The summed E-state index contributed by atoms with van der Waals surface area (Å²) in [5, 5.41) is 54.8. The van der Waals surface area contributed by atoms with Crippen LogP contribution in [0.4, 0.5) is 0 Å². The van der Waals surface area contributed by atoms with Gasteiger partial charge in [0, 0.05) is 6.42 Å². The highest BCUT2D eigenvalue weighted by Gasteiger charge is 2.44. The molecule has 6 N–H and O–H groups in total. The van der Waals surface area contributed by atoms with Gasteiger partial charge in [0.05, 0.1) is 25.4 Å². The Morgan fingerprint density at radius 2 is 0.695 bits per heavy atom. The summed E-state index contributed by atoms with van der Waals surface area (Å²) in [7, 11) is 0. The van der Waals surface area contributed by atoms with E-state index in [2.05, 4.69) is 31.3 Å². The number of ether oxygens (including phenoxy) is 2. The molecule has 7 atom stereocenters. The number of carbonyl (C=O) groups is 1. The number of hydrogen-bond acceptors (Lipinski definition) is 8. The number of hydrogen-bond donors (Lipinski definition) is 6. The predicted molar refractivity (Wildman–Crippen MR) is 350 cm³/mol. The monoisotopic (exact) mass is 1160 g/mol. The van der Waals surface area contributed by atoms with E-state index in [-0.39, 0.29) is 12.5 Å². The quantitative estimate of drug-likeness (QED) is 0.0261. The molecule has 0 aromatic heterocycles. The lowest BCUT2D eigenvalue weighted by Crippen LogP contribution is -2.60. The molecule has 9 nitrogen and oxygen atoms in total. The van der Waals surface area contributed by atoms with Crippen molar-refractivity contribution in [3.63, 3.8) is 0 Å². The van der Waals surface area contributed by atoms with Crippen molar-refractivity contribution in [3.05, 3.63) is 24.3 Å². The maximum Gasteiger partial charge on any atom is 0.220 e. The Morgan fingerprint density at radius 3 is 1.02 bits per heavy atom. The number of nitrogens with one attached hydrogen (secondary N) is 1. The van der Waals surface area contributed by atoms with Gasteiger partial charge in [-0.2, -0.15) is 0 Å². The molecule has 7 unspecified atom stereocenters. The van der Waals surface area contributed by atoms with E-state index in [1.807, 2.05) is 6.08 Å². The molecule has 1 aliphatic heterocycles. The van der Waals surface area contributed by atoms with Crippen molar-refractivity contribution < 1.29 is 39.8 Å². The molecule has 1 saturated heterocycles. The zero-order chi connectivity index (χ0) is 59.3. The minimum absolute atomic E-state index is 0.177. The fourth-order valence-electron chi connectivity index (χ4n) is 12.1. The van der Waals surface area contributed by atoms with Crippen LogP contribution >= 0.6 is 0 Å². The van der Waals surface area contributed by atoms with Gasteiger partial charge in [0.1, 0.15) is 24.4 Å². The van der Waals surface area contributed by atoms with Crippen LogP contribution in [0.25, 0.3) is 0 Å². The maximum atomic E-state index is 13.1. The van der Waals surface area contributed by atoms with Gasteiger partial charge in [0.2, 0.25) is 5.91 Å². The first-order chi connectivity index (χ1) is 40.3. The molecule has 0 spiro atoms. The number of amides is 1. The van der Waals surface area contributed by atoms with Gasteiger partial charge in [0.25, 0.3) is 0 Å². The summed E-state index contributed by atoms with van der Waals surface area (Å²) in [6.45, 7) is 3.83. The highest BCUT2D eigenvalue weighted by Crippen LogP contribution is 2.24. The molecule has 1 amide bonds. The third-order valence-electron chi connectivity index (χ3n) is 17.8. The average molecular weight is 1160 g/mol. The minimum Gasteiger partial charge on any atom is -0.394 e. The second-order valence-corrected chi connectivity index (χ2v) is 25.7. The van der Waals surface area contributed by atoms with Crippen LogP contribution in [0.2, 0.25) is 0 Å². The van der Waals surface area contributed by atoms with E-state index < -0.39 is 49.5 Å². The Bertz CT molecular complexity index is 1340. The molecular formula is C73H141NO8. The molecule has 9 heteroatoms. The van der Waals surface area contributed by atoms with Gasteiger partial charge in [-0.1, -0.05) is 366 Å². The summed E-state index contributed by atoms with van der Waals surface area (Å²) in [5.41, 5.74) is 0. The van der Waals surface area contributed by atoms with Crippen molar-refractivity contribution in [3.8, 4) is 0 Å². The van der Waals surface area contributed by atoms with Gasteiger partial charge in [-0.05, 0) is 32.1 Å². The molecule has 1 fully saturated rings. The van der Waals surface area contributed by atoms with Crippen LogP contribution in [0.15, 0.2) is 24.3 Å². The second-order valence-electron chi connectivity index (χ2n) is 25.7. The van der Waals surface area contributed by atoms with Crippen LogP contribution in [-0.4, -0.2) is 87.5 Å². The Balaban J connectivity index is 2.11. The summed E-state index contributed by atoms with van der Waals surface area (Å²) >= 11 is 0. The molecule has 0 aromatic carbocycles. The summed E-state index contributed by atoms with van der Waals surface area (Å²) in [5.74, 6) is -0.177. The predicted octanol–water partition coefficient (Wildman–Crippen LogP) is 20.0. The van der Waals surface area contributed by atoms with Gasteiger partial charge < -0.3 is 40.3 Å². The van der Waals surface area contributed by atoms with Gasteiger partial charge in [-0.3, -0.25) is 4.79 Å². The van der Waals surface area contributed by atoms with E-state index >= 15 is 0 Å². The SMILES string of the molecule is CCCCCCCCCCCCCCCCCCCCCCC/C=C/CC/C=C/C(O)C(COC1OC(CO)C(O)C(O)C1O)NC(=O)CCCCCCCCCCCCCCCCCCCCCCCCCCCCCCCCCC. The van der Waals surface area contributed by atoms with E-state index in [4.69, 9.17) is 9.47 Å². The third-order valence-corrected chi connectivity index (χ3v) is 17.8. The number of aliphatic hydroxyl groups is 5. The summed E-state index contributed by atoms with van der Waals surface area (Å²) in [4.78, 5) is 13.1. The van der Waals surface area contributed by atoms with Crippen molar-refractivity contribution in [2.45, 2.75) is 423 Å². The average Bonchev–Trinajstić information content (AvgIpc) is 3.59. The van der Waals surface area contributed by atoms with Crippen LogP contribution < -0.4 is 5.32 Å². The fraction of sp³-hybridized carbons (Fsp3) is 0.932. The normalized spacial score (nSPS) is 18.4. The first-order valence-electron chi connectivity index (χ1n) is 36.6. The smallest absolute Gasteiger partial charge is 0.220 e. The fourth-order valence-corrected chi connectivity index (χ4v) is 12.1. The first kappa shape index (κ1) is 78.7. The summed E-state index contributed by atoms with van der Waals surface area (Å²) in [6, 6.07) is -0.820. The van der Waals surface area contributed by atoms with Crippen LogP contribution in [0.1, 0.15) is 380 Å². The van der Waals surface area contributed by atoms with Crippen molar-refractivity contribution in [1.82, 2.24) is 5.32 Å². The first-order valence-corrected chi connectivity index (χ1v) is 36.6. The van der Waals surface area contributed by atoms with Gasteiger partial charge in [-0.15, -0.1) is 0 Å². The Morgan fingerprint density at radius 1 is 0.402 bits per heavy atom. The molecule has 0 radical (unpaired) electrons. The molecule has 486 valence electrons. The largest absolute Gasteiger partial charge is 0.394 e. The van der Waals surface area contributed by atoms with Crippen molar-refractivity contribution >= 4 is 5.91 Å². The topological polar surface area (TPSA) is 149 Å². The molecule has 0 aliphatic carbocycles. The third kappa shape index (κ3) is 50.8. The van der Waals surface area contributed by atoms with Crippen LogP contribution in [0.5, 0.6) is 0 Å². The van der Waals surface area contributed by atoms with E-state index in [0.717, 1.165) is 38.5 Å². The Labute approximate surface area is 509 Å². The zero-order valence-electron chi connectivity index (χ0n) is 54.5. The van der Waals surface area contributed by atoms with Crippen LogP contribution in [0.3, 0.4) is 0 Å². The number of allylic oxidation sites excluding steroid dienone is 3. The summed E-state index contributed by atoms with van der Waals surface area (Å²) in [6.07, 6.45) is 75.9. The number of carbonyl (C=O) groups excluding carboxylic acids is 1. The van der Waals surface area contributed by atoms with Crippen molar-refractivity contribution in [1.29, 1.82) is 0 Å². The highest BCUT2D eigenvalue weighted by atomic mass is 16.7. The lowest BCUT2D eigenvalue weighted by atomic mass is 9.99. The number of unbranched alkanes of at least 4 members (excludes halogenated alkanes) is 53. The molecule has 0 saturated carbocycles. The lowest BCUT2D eigenvalue weighted by Gasteiger charge is -2.40. The molecule has 1 aliphatic rings. The van der Waals surface area contributed by atoms with Crippen molar-refractivity contribution in [2.24, 2.45) is 0 Å². The van der Waals surface area contributed by atoms with Gasteiger partial charge in [0.15, 0.2) is 6.29 Å². The molecule has 0 aromatic rings. The van der Waals surface area contributed by atoms with E-state index in [1.54, 1.807) is 6.08 Å². The molecular weight excluding hydrogens is 1020 g/mol. The van der Waals surface area contributed by atoms with Crippen molar-refractivity contribution in [2.75, 3.05) is 13.2 Å². The minimum atomic E-state index is -1.57. The zero-order valence-corrected chi connectivity index (χ0v) is 54.5. The molecule has 0 bridgehead atoms. The molecule has 1 rings (SSSR count). The van der Waals surface area contributed by atoms with E-state index in [1.165, 1.54) is 321 Å². The van der Waals surface area contributed by atoms with E-state index in [9.17, 15) is 30.3 Å². The highest BCUT2D eigenvalue weighted by molar-refractivity contribution is 5.76. The van der Waals surface area contributed by atoms with Gasteiger partial charge >= 0.3 is 0 Å². The maximum absolute atomic E-state index is 13.1. The summed E-state index contributed by atoms with van der Waals surface area (Å²) < 4.78 is 11.3. The van der Waals surface area contributed by atoms with Gasteiger partial charge in [-0.25, -0.2) is 0 Å². The second kappa shape index (κ2) is 62.7. The van der Waals surface area contributed by atoms with Crippen LogP contribution in [0, 0.1) is 0 Å². The Kier molecular flexibility index (Phi) is 60.2. The number of aliphatic hydroxyl groups excluding tert-OH is 5. The standard InChI is InChI=1S/C73H141NO8/c1-3-5-7-9-11-13-15-17-19-21-23-25-27-29-31-32-33-34-35-37-39-41-43-45-47-49-51-53-55-57-59-61-63-69(77)74-66(65-81-73-72(80)71(79)70(78)68(64-75)82-73)67(76)62-60-58-56-54-52-50-48-46-44-42-40-38-36-30-28-26-24-22-20-18-16-14-12-10-8-6-4-2/h52,54,60,62,66-68,70-73,75-76,78-80H,3-51,53,55-59,61,63-65H2,1-2H3,(H,74,77)/b54-52+,62-60+. The van der Waals surface area contributed by atoms with E-state index in [0.29, 0.717) is 6.42 Å². The molecule has 82 heavy (non-hydrogen) atoms.